The molecule has 4 nitrogen and oxygen atoms in total. The summed E-state index contributed by atoms with van der Waals surface area (Å²) in [4.78, 5) is 26.3. The number of nitrogens with zero attached hydrogens (tertiary/aromatic N) is 1. The molecule has 1 aliphatic carbocycles. The van der Waals surface area contributed by atoms with Crippen LogP contribution in [0.5, 0.6) is 0 Å². The minimum Gasteiger partial charge on any atom is -0.355 e. The van der Waals surface area contributed by atoms with E-state index in [-0.39, 0.29) is 11.8 Å². The van der Waals surface area contributed by atoms with Crippen molar-refractivity contribution in [1.29, 1.82) is 0 Å². The monoisotopic (exact) mass is 370 g/mol. The largest absolute Gasteiger partial charge is 0.355 e. The molecule has 0 aromatic heterocycles. The molecule has 140 valence electrons. The molecule has 0 spiro atoms. The lowest BCUT2D eigenvalue weighted by molar-refractivity contribution is 0.0784. The van der Waals surface area contributed by atoms with Gasteiger partial charge < -0.3 is 10.2 Å². The second-order valence-electron chi connectivity index (χ2n) is 7.14. The first-order valence-corrected chi connectivity index (χ1v) is 9.34. The number of carbonyl (C=O) groups is 2. The van der Waals surface area contributed by atoms with Crippen LogP contribution in [0.4, 0.5) is 0 Å². The van der Waals surface area contributed by atoms with Gasteiger partial charge in [0.2, 0.25) is 0 Å². The second kappa shape index (κ2) is 7.31. The lowest BCUT2D eigenvalue weighted by Crippen LogP contribution is -2.26. The van der Waals surface area contributed by atoms with E-state index in [1.165, 1.54) is 22.3 Å². The summed E-state index contributed by atoms with van der Waals surface area (Å²) in [5.74, 6) is -0.121. The zero-order valence-corrected chi connectivity index (χ0v) is 16.0. The summed E-state index contributed by atoms with van der Waals surface area (Å²) in [5, 5.41) is 2.60. The predicted molar refractivity (Wildman–Crippen MR) is 110 cm³/mol. The number of fused-ring (bicyclic) bond motifs is 3. The van der Waals surface area contributed by atoms with Crippen LogP contribution >= 0.6 is 0 Å². The standard InChI is InChI=1S/C24H22N2O2/c1-25-23(27)17-9-7-16(8-10-17)15-26(2)24(28)19-11-12-22-20(14-19)13-18-5-3-4-6-21(18)22/h3-12,14H,13,15H2,1-2H3,(H,25,27). The third-order valence-electron chi connectivity index (χ3n) is 5.25. The number of benzene rings is 3. The highest BCUT2D eigenvalue weighted by Gasteiger charge is 2.20. The minimum atomic E-state index is -0.116. The summed E-state index contributed by atoms with van der Waals surface area (Å²) in [6, 6.07) is 21.7. The van der Waals surface area contributed by atoms with Crippen molar-refractivity contribution in [2.24, 2.45) is 0 Å². The molecular weight excluding hydrogens is 348 g/mol. The molecule has 3 aromatic carbocycles. The Balaban J connectivity index is 1.49. The van der Waals surface area contributed by atoms with Gasteiger partial charge in [0, 0.05) is 31.8 Å². The Morgan fingerprint density at radius 1 is 0.893 bits per heavy atom. The van der Waals surface area contributed by atoms with E-state index in [4.69, 9.17) is 0 Å². The molecular formula is C24H22N2O2. The van der Waals surface area contributed by atoms with E-state index in [9.17, 15) is 9.59 Å². The lowest BCUT2D eigenvalue weighted by Gasteiger charge is -2.18. The van der Waals surface area contributed by atoms with E-state index in [1.807, 2.05) is 24.3 Å². The Morgan fingerprint density at radius 2 is 1.57 bits per heavy atom. The Labute approximate surface area is 164 Å². The van der Waals surface area contributed by atoms with Crippen LogP contribution < -0.4 is 5.32 Å². The molecule has 1 N–H and O–H groups in total. The summed E-state index contributed by atoms with van der Waals surface area (Å²) >= 11 is 0. The van der Waals surface area contributed by atoms with Crippen LogP contribution in [0.15, 0.2) is 66.7 Å². The maximum atomic E-state index is 12.9. The molecule has 0 fully saturated rings. The van der Waals surface area contributed by atoms with Gasteiger partial charge in [0.25, 0.3) is 11.8 Å². The van der Waals surface area contributed by atoms with Gasteiger partial charge >= 0.3 is 0 Å². The number of carbonyl (C=O) groups excluding carboxylic acids is 2. The minimum absolute atomic E-state index is 0.00543. The van der Waals surface area contributed by atoms with Gasteiger partial charge in [-0.2, -0.15) is 0 Å². The first kappa shape index (κ1) is 18.0. The molecule has 2 amide bonds. The molecule has 4 rings (SSSR count). The van der Waals surface area contributed by atoms with Crippen LogP contribution in [0.25, 0.3) is 11.1 Å². The fourth-order valence-electron chi connectivity index (χ4n) is 3.75. The maximum absolute atomic E-state index is 12.9. The van der Waals surface area contributed by atoms with Gasteiger partial charge in [-0.15, -0.1) is 0 Å². The van der Waals surface area contributed by atoms with Gasteiger partial charge in [0.1, 0.15) is 0 Å². The summed E-state index contributed by atoms with van der Waals surface area (Å²) < 4.78 is 0. The Hall–Kier alpha value is -3.40. The Bertz CT molecular complexity index is 1050. The van der Waals surface area contributed by atoms with Gasteiger partial charge in [0.15, 0.2) is 0 Å². The molecule has 0 heterocycles. The molecule has 0 unspecified atom stereocenters. The molecule has 0 atom stereocenters. The molecule has 28 heavy (non-hydrogen) atoms. The quantitative estimate of drug-likeness (QED) is 0.592. The average molecular weight is 370 g/mol. The van der Waals surface area contributed by atoms with E-state index in [0.717, 1.165) is 12.0 Å². The molecule has 0 bridgehead atoms. The third kappa shape index (κ3) is 3.29. The maximum Gasteiger partial charge on any atom is 0.253 e. The topological polar surface area (TPSA) is 49.4 Å². The van der Waals surface area contributed by atoms with Crippen molar-refractivity contribution in [3.05, 3.63) is 94.5 Å². The molecule has 1 aliphatic rings. The van der Waals surface area contributed by atoms with Gasteiger partial charge in [-0.05, 0) is 58.5 Å². The molecule has 0 aliphatic heterocycles. The van der Waals surface area contributed by atoms with Crippen molar-refractivity contribution in [2.45, 2.75) is 13.0 Å². The van der Waals surface area contributed by atoms with E-state index < -0.39 is 0 Å². The lowest BCUT2D eigenvalue weighted by atomic mass is 10.0. The molecule has 0 radical (unpaired) electrons. The Kier molecular flexibility index (Phi) is 4.70. The number of hydrogen-bond acceptors (Lipinski definition) is 2. The van der Waals surface area contributed by atoms with Crippen LogP contribution in [0.3, 0.4) is 0 Å². The number of nitrogens with one attached hydrogen (secondary N) is 1. The van der Waals surface area contributed by atoms with Crippen molar-refractivity contribution in [3.63, 3.8) is 0 Å². The highest BCUT2D eigenvalue weighted by Crippen LogP contribution is 2.36. The zero-order chi connectivity index (χ0) is 19.7. The van der Waals surface area contributed by atoms with E-state index >= 15 is 0 Å². The van der Waals surface area contributed by atoms with Gasteiger partial charge in [-0.1, -0.05) is 42.5 Å². The SMILES string of the molecule is CNC(=O)c1ccc(CN(C)C(=O)c2ccc3c(c2)Cc2ccccc2-3)cc1. The van der Waals surface area contributed by atoms with Crippen LogP contribution in [-0.2, 0) is 13.0 Å². The molecule has 0 saturated heterocycles. The highest BCUT2D eigenvalue weighted by atomic mass is 16.2. The fourth-order valence-corrected chi connectivity index (χ4v) is 3.75. The molecule has 3 aromatic rings. The second-order valence-corrected chi connectivity index (χ2v) is 7.14. The predicted octanol–water partition coefficient (Wildman–Crippen LogP) is 3.89. The van der Waals surface area contributed by atoms with E-state index in [2.05, 4.69) is 35.6 Å². The summed E-state index contributed by atoms with van der Waals surface area (Å²) in [5.41, 5.74) is 7.30. The summed E-state index contributed by atoms with van der Waals surface area (Å²) in [7, 11) is 3.41. The zero-order valence-electron chi connectivity index (χ0n) is 16.0. The normalized spacial score (nSPS) is 11.5. The van der Waals surface area contributed by atoms with Crippen molar-refractivity contribution >= 4 is 11.8 Å². The molecule has 0 saturated carbocycles. The summed E-state index contributed by atoms with van der Waals surface area (Å²) in [6.45, 7) is 0.490. The third-order valence-corrected chi connectivity index (χ3v) is 5.25. The van der Waals surface area contributed by atoms with Crippen LogP contribution in [0.1, 0.15) is 37.4 Å². The van der Waals surface area contributed by atoms with Crippen molar-refractivity contribution in [3.8, 4) is 11.1 Å². The number of rotatable bonds is 4. The first-order valence-electron chi connectivity index (χ1n) is 9.34. The fraction of sp³-hybridized carbons (Fsp3) is 0.167. The van der Waals surface area contributed by atoms with Gasteiger partial charge in [0.05, 0.1) is 0 Å². The van der Waals surface area contributed by atoms with Crippen LogP contribution in [0, 0.1) is 0 Å². The van der Waals surface area contributed by atoms with Crippen molar-refractivity contribution in [2.75, 3.05) is 14.1 Å². The van der Waals surface area contributed by atoms with Crippen molar-refractivity contribution in [1.82, 2.24) is 10.2 Å². The van der Waals surface area contributed by atoms with Crippen LogP contribution in [0.2, 0.25) is 0 Å². The van der Waals surface area contributed by atoms with Gasteiger partial charge in [-0.3, -0.25) is 9.59 Å². The van der Waals surface area contributed by atoms with Gasteiger partial charge in [-0.25, -0.2) is 0 Å². The van der Waals surface area contributed by atoms with Crippen molar-refractivity contribution < 1.29 is 9.59 Å². The van der Waals surface area contributed by atoms with E-state index in [1.54, 1.807) is 31.1 Å². The summed E-state index contributed by atoms with van der Waals surface area (Å²) in [6.07, 6.45) is 0.872. The first-order chi connectivity index (χ1) is 13.6. The molecule has 4 heteroatoms. The number of hydrogen-bond donors (Lipinski definition) is 1. The average Bonchev–Trinajstić information content (AvgIpc) is 3.11. The smallest absolute Gasteiger partial charge is 0.253 e. The number of amides is 2. The van der Waals surface area contributed by atoms with E-state index in [0.29, 0.717) is 17.7 Å². The van der Waals surface area contributed by atoms with Crippen LogP contribution in [-0.4, -0.2) is 30.8 Å². The highest BCUT2D eigenvalue weighted by molar-refractivity contribution is 5.96. The Morgan fingerprint density at radius 3 is 2.32 bits per heavy atom.